The number of rotatable bonds is 7. The van der Waals surface area contributed by atoms with Gasteiger partial charge in [0.1, 0.15) is 0 Å². The molecular weight excluding hydrogens is 791 g/mol. The summed E-state index contributed by atoms with van der Waals surface area (Å²) in [7, 11) is -2.80. The second-order valence-corrected chi connectivity index (χ2v) is 20.7. The minimum absolute atomic E-state index is 1.13. The molecule has 0 aliphatic heterocycles. The predicted octanol–water partition coefficient (Wildman–Crippen LogP) is 12.4. The van der Waals surface area contributed by atoms with E-state index in [4.69, 9.17) is 0 Å². The minimum atomic E-state index is -2.80. The van der Waals surface area contributed by atoms with Gasteiger partial charge in [0.2, 0.25) is 0 Å². The lowest BCUT2D eigenvalue weighted by Gasteiger charge is -2.34. The van der Waals surface area contributed by atoms with Crippen molar-refractivity contribution in [1.82, 2.24) is 13.7 Å². The molecule has 0 aliphatic carbocycles. The number of fused-ring (bicyclic) bond motifs is 9. The van der Waals surface area contributed by atoms with Crippen LogP contribution in [0.4, 0.5) is 0 Å². The number of aromatic nitrogens is 3. The van der Waals surface area contributed by atoms with Crippen molar-refractivity contribution in [3.63, 3.8) is 0 Å². The van der Waals surface area contributed by atoms with Crippen molar-refractivity contribution < 1.29 is 0 Å². The fourth-order valence-corrected chi connectivity index (χ4v) is 15.7. The highest BCUT2D eigenvalue weighted by atomic mass is 28.3. The lowest BCUT2D eigenvalue weighted by Crippen LogP contribution is -2.74. The third-order valence-corrected chi connectivity index (χ3v) is 18.3. The minimum Gasteiger partial charge on any atom is -0.309 e. The maximum atomic E-state index is 2.52. The Hall–Kier alpha value is -8.18. The Labute approximate surface area is 372 Å². The van der Waals surface area contributed by atoms with Gasteiger partial charge in [-0.15, -0.1) is 0 Å². The zero-order valence-electron chi connectivity index (χ0n) is 35.0. The number of para-hydroxylation sites is 4. The Morgan fingerprint density at radius 1 is 0.234 bits per heavy atom. The summed E-state index contributed by atoms with van der Waals surface area (Å²) in [5.41, 5.74) is 10.6. The van der Waals surface area contributed by atoms with Crippen molar-refractivity contribution >= 4 is 94.2 Å². The lowest BCUT2D eigenvalue weighted by atomic mass is 10.1. The predicted molar refractivity (Wildman–Crippen MR) is 273 cm³/mol. The van der Waals surface area contributed by atoms with Crippen LogP contribution < -0.4 is 20.7 Å². The number of nitrogens with zero attached hydrogens (tertiary/aromatic N) is 3. The summed E-state index contributed by atoms with van der Waals surface area (Å²) in [6.45, 7) is 0. The van der Waals surface area contributed by atoms with Crippen LogP contribution in [-0.4, -0.2) is 21.8 Å². The van der Waals surface area contributed by atoms with Crippen molar-refractivity contribution in [3.05, 3.63) is 249 Å². The molecule has 3 nitrogen and oxygen atoms in total. The van der Waals surface area contributed by atoms with Gasteiger partial charge in [0.25, 0.3) is 0 Å². The molecule has 64 heavy (non-hydrogen) atoms. The first-order valence-electron chi connectivity index (χ1n) is 22.1. The molecule has 0 fully saturated rings. The highest BCUT2D eigenvalue weighted by molar-refractivity contribution is 7.20. The van der Waals surface area contributed by atoms with Gasteiger partial charge in [-0.1, -0.05) is 188 Å². The van der Waals surface area contributed by atoms with Gasteiger partial charge in [0, 0.05) is 43.7 Å². The number of hydrogen-bond donors (Lipinski definition) is 0. The molecule has 0 saturated carbocycles. The fraction of sp³-hybridized carbons (Fsp3) is 0. The third kappa shape index (κ3) is 5.27. The van der Waals surface area contributed by atoms with E-state index in [9.17, 15) is 0 Å². The molecule has 0 N–H and O–H groups in total. The molecule has 0 spiro atoms. The second kappa shape index (κ2) is 14.5. The van der Waals surface area contributed by atoms with Gasteiger partial charge >= 0.3 is 0 Å². The van der Waals surface area contributed by atoms with E-state index in [1.54, 1.807) is 0 Å². The summed E-state index contributed by atoms with van der Waals surface area (Å²) in [6.07, 6.45) is 0. The Balaban J connectivity index is 1.12. The van der Waals surface area contributed by atoms with Gasteiger partial charge in [-0.3, -0.25) is 0 Å². The molecule has 0 saturated heterocycles. The van der Waals surface area contributed by atoms with E-state index in [-0.39, 0.29) is 0 Å². The average molecular weight is 832 g/mol. The van der Waals surface area contributed by atoms with Crippen LogP contribution in [0.2, 0.25) is 0 Å². The van der Waals surface area contributed by atoms with Crippen LogP contribution in [0.25, 0.3) is 82.5 Å². The summed E-state index contributed by atoms with van der Waals surface area (Å²) >= 11 is 0. The molecule has 0 aliphatic rings. The van der Waals surface area contributed by atoms with Crippen LogP contribution in [0.3, 0.4) is 0 Å². The van der Waals surface area contributed by atoms with Crippen LogP contribution in [0, 0.1) is 0 Å². The van der Waals surface area contributed by atoms with Crippen molar-refractivity contribution in [2.24, 2.45) is 0 Å². The van der Waals surface area contributed by atoms with Crippen molar-refractivity contribution in [3.8, 4) is 17.1 Å². The van der Waals surface area contributed by atoms with Crippen LogP contribution in [0.1, 0.15) is 0 Å². The fourth-order valence-electron chi connectivity index (χ4n) is 10.9. The Kier molecular flexibility index (Phi) is 8.23. The molecule has 0 bridgehead atoms. The zero-order valence-corrected chi connectivity index (χ0v) is 36.0. The Morgan fingerprint density at radius 2 is 0.656 bits per heavy atom. The maximum absolute atomic E-state index is 2.80. The largest absolute Gasteiger partial charge is 0.309 e. The quantitative estimate of drug-likeness (QED) is 0.112. The molecule has 13 rings (SSSR count). The number of hydrogen-bond acceptors (Lipinski definition) is 0. The summed E-state index contributed by atoms with van der Waals surface area (Å²) in [6, 6.07) is 92.3. The molecule has 10 aromatic carbocycles. The summed E-state index contributed by atoms with van der Waals surface area (Å²) in [5, 5.41) is 12.9. The molecule has 3 aromatic heterocycles. The molecule has 0 radical (unpaired) electrons. The van der Waals surface area contributed by atoms with Gasteiger partial charge in [0.15, 0.2) is 8.07 Å². The second-order valence-electron chi connectivity index (χ2n) is 16.8. The van der Waals surface area contributed by atoms with Crippen LogP contribution in [0.5, 0.6) is 0 Å². The number of benzene rings is 10. The zero-order chi connectivity index (χ0) is 42.2. The summed E-state index contributed by atoms with van der Waals surface area (Å²) < 4.78 is 7.43. The molecule has 0 unspecified atom stereocenters. The SMILES string of the molecule is c1ccc(-n2c3cc(-n4c5ccccc5c5ccc([Si](c6ccccc6)(c6ccccc6)c6ccccc6)cc54)ccc3c3c(-n4c5ccccc5c5ccccc54)cccc32)cc1. The molecular formula is C60H41N3Si. The lowest BCUT2D eigenvalue weighted by molar-refractivity contribution is 1.15. The smallest absolute Gasteiger partial charge is 0.179 e. The summed E-state index contributed by atoms with van der Waals surface area (Å²) in [5.74, 6) is 0. The molecule has 0 atom stereocenters. The molecule has 13 aromatic rings. The first-order chi connectivity index (χ1) is 31.8. The van der Waals surface area contributed by atoms with Crippen molar-refractivity contribution in [2.45, 2.75) is 0 Å². The first-order valence-corrected chi connectivity index (χ1v) is 24.1. The molecule has 3 heterocycles. The topological polar surface area (TPSA) is 14.8 Å². The highest BCUT2D eigenvalue weighted by Crippen LogP contribution is 2.41. The van der Waals surface area contributed by atoms with Gasteiger partial charge < -0.3 is 13.7 Å². The van der Waals surface area contributed by atoms with Crippen LogP contribution in [0.15, 0.2) is 249 Å². The Morgan fingerprint density at radius 3 is 1.22 bits per heavy atom. The Bertz CT molecular complexity index is 3730. The maximum Gasteiger partial charge on any atom is 0.179 e. The van der Waals surface area contributed by atoms with Gasteiger partial charge in [0.05, 0.1) is 38.8 Å². The van der Waals surface area contributed by atoms with Gasteiger partial charge in [-0.25, -0.2) is 0 Å². The molecule has 4 heteroatoms. The standard InChI is InChI=1S/C60H41N3Si/c1-5-20-42(21-6-1)61-56-34-19-35-57(63-54-32-17-14-28-48(54)49-29-15-18-33-55(49)63)60(56)52-38-36-43(40-58(52)61)62-53-31-16-13-30-50(53)51-39-37-47(41-59(51)62)64(44-22-7-2-8-23-44,45-24-9-3-10-25-45)46-26-11-4-12-27-46/h1-41H. The van der Waals surface area contributed by atoms with E-state index in [2.05, 4.69) is 262 Å². The summed E-state index contributed by atoms with van der Waals surface area (Å²) in [4.78, 5) is 0. The van der Waals surface area contributed by atoms with Crippen LogP contribution >= 0.6 is 0 Å². The van der Waals surface area contributed by atoms with Crippen molar-refractivity contribution in [2.75, 3.05) is 0 Å². The van der Waals surface area contributed by atoms with Gasteiger partial charge in [-0.05, 0) is 81.4 Å². The van der Waals surface area contributed by atoms with E-state index in [0.29, 0.717) is 0 Å². The van der Waals surface area contributed by atoms with Gasteiger partial charge in [-0.2, -0.15) is 0 Å². The van der Waals surface area contributed by atoms with E-state index < -0.39 is 8.07 Å². The average Bonchev–Trinajstić information content (AvgIpc) is 4.01. The monoisotopic (exact) mass is 831 g/mol. The van der Waals surface area contributed by atoms with E-state index in [0.717, 1.165) is 16.9 Å². The third-order valence-electron chi connectivity index (χ3n) is 13.6. The van der Waals surface area contributed by atoms with Crippen molar-refractivity contribution in [1.29, 1.82) is 0 Å². The van der Waals surface area contributed by atoms with E-state index in [1.165, 1.54) is 86.3 Å². The van der Waals surface area contributed by atoms with Crippen LogP contribution in [-0.2, 0) is 0 Å². The van der Waals surface area contributed by atoms with E-state index in [1.807, 2.05) is 0 Å². The first kappa shape index (κ1) is 36.5. The highest BCUT2D eigenvalue weighted by Gasteiger charge is 2.41. The molecule has 300 valence electrons. The normalized spacial score (nSPS) is 12.1. The molecule has 0 amide bonds. The van der Waals surface area contributed by atoms with E-state index >= 15 is 0 Å².